The van der Waals surface area contributed by atoms with Crippen molar-refractivity contribution in [1.29, 1.82) is 0 Å². The second-order valence-electron chi connectivity index (χ2n) is 7.28. The largest absolute Gasteiger partial charge is 0.490 e. The first-order chi connectivity index (χ1) is 15.3. The molecule has 0 amide bonds. The molecule has 0 aliphatic carbocycles. The van der Waals surface area contributed by atoms with Gasteiger partial charge in [0.25, 0.3) is 10.0 Å². The summed E-state index contributed by atoms with van der Waals surface area (Å²) in [6.07, 6.45) is 0.862. The first kappa shape index (κ1) is 22.8. The van der Waals surface area contributed by atoms with E-state index < -0.39 is 26.6 Å². The number of sulfonamides is 1. The van der Waals surface area contributed by atoms with E-state index in [0.29, 0.717) is 17.6 Å². The Hall–Kier alpha value is -2.34. The highest BCUT2D eigenvalue weighted by atomic mass is 35.5. The van der Waals surface area contributed by atoms with Crippen LogP contribution in [0.1, 0.15) is 17.9 Å². The van der Waals surface area contributed by atoms with E-state index in [9.17, 15) is 17.2 Å². The van der Waals surface area contributed by atoms with Crippen LogP contribution in [0.2, 0.25) is 5.02 Å². The summed E-state index contributed by atoms with van der Waals surface area (Å²) >= 11 is 6.89. The highest BCUT2D eigenvalue weighted by Crippen LogP contribution is 2.33. The minimum atomic E-state index is -4.37. The van der Waals surface area contributed by atoms with Gasteiger partial charge < -0.3 is 10.1 Å². The number of hydrogen-bond acceptors (Lipinski definition) is 7. The topological polar surface area (TPSA) is 93.2 Å². The zero-order valence-electron chi connectivity index (χ0n) is 16.6. The lowest BCUT2D eigenvalue weighted by Gasteiger charge is -2.32. The van der Waals surface area contributed by atoms with Gasteiger partial charge in [0, 0.05) is 29.6 Å². The summed E-state index contributed by atoms with van der Waals surface area (Å²) in [4.78, 5) is -0.837. The molecule has 4 rings (SSSR count). The van der Waals surface area contributed by atoms with Crippen LogP contribution < -0.4 is 14.8 Å². The fraction of sp³-hybridized carbons (Fsp3) is 0.300. The predicted molar refractivity (Wildman–Crippen MR) is 118 cm³/mol. The number of benzene rings is 2. The van der Waals surface area contributed by atoms with Crippen LogP contribution in [0.3, 0.4) is 0 Å². The van der Waals surface area contributed by atoms with Crippen molar-refractivity contribution in [3.63, 3.8) is 0 Å². The van der Waals surface area contributed by atoms with Crippen molar-refractivity contribution in [1.82, 2.24) is 15.5 Å². The summed E-state index contributed by atoms with van der Waals surface area (Å²) in [5.74, 6) is -2.28. The summed E-state index contributed by atoms with van der Waals surface area (Å²) in [5.41, 5.74) is 2.41. The molecule has 1 aliphatic rings. The second-order valence-corrected chi connectivity index (χ2v) is 10.2. The molecule has 1 fully saturated rings. The van der Waals surface area contributed by atoms with E-state index >= 15 is 0 Å². The average Bonchev–Trinajstić information content (AvgIpc) is 3.27. The van der Waals surface area contributed by atoms with Crippen LogP contribution in [0.5, 0.6) is 5.75 Å². The standard InChI is InChI=1S/C20H19ClF2N4O3S2/c21-14-3-1-12(2-4-14)15-5-6-24-9-13(15)10-30-18-7-17(23)19(8-16(18)22)32(28,29)27-20-26-25-11-31-20/h1-4,7-8,11,13,15,24H,5-6,9-10H2,(H,26,27)/t13?,15-/m0/s1. The van der Waals surface area contributed by atoms with E-state index in [1.807, 2.05) is 24.3 Å². The SMILES string of the molecule is O=S(=O)(Nc1nncs1)c1cc(F)c(OCC2CNCC[C@H]2c2ccc(Cl)cc2)cc1F. The number of halogens is 3. The second kappa shape index (κ2) is 9.65. The zero-order chi connectivity index (χ0) is 22.7. The first-order valence-corrected chi connectivity index (χ1v) is 12.4. The van der Waals surface area contributed by atoms with E-state index in [0.717, 1.165) is 35.9 Å². The number of nitrogens with one attached hydrogen (secondary N) is 2. The Morgan fingerprint density at radius 2 is 2.00 bits per heavy atom. The minimum Gasteiger partial charge on any atom is -0.490 e. The van der Waals surface area contributed by atoms with Gasteiger partial charge in [-0.1, -0.05) is 35.1 Å². The molecular formula is C20H19ClF2N4O3S2. The van der Waals surface area contributed by atoms with Crippen LogP contribution in [-0.4, -0.2) is 38.3 Å². The van der Waals surface area contributed by atoms with Gasteiger partial charge in [0.05, 0.1) is 6.61 Å². The van der Waals surface area contributed by atoms with E-state index in [2.05, 4.69) is 20.2 Å². The Labute approximate surface area is 192 Å². The number of piperidine rings is 1. The lowest BCUT2D eigenvalue weighted by atomic mass is 9.81. The lowest BCUT2D eigenvalue weighted by molar-refractivity contribution is 0.190. The van der Waals surface area contributed by atoms with Gasteiger partial charge in [-0.05, 0) is 36.6 Å². The molecule has 0 saturated carbocycles. The molecule has 170 valence electrons. The Bertz CT molecular complexity index is 1180. The molecule has 1 aliphatic heterocycles. The molecule has 0 spiro atoms. The van der Waals surface area contributed by atoms with Gasteiger partial charge in [-0.3, -0.25) is 4.72 Å². The van der Waals surface area contributed by atoms with Crippen molar-refractivity contribution in [2.45, 2.75) is 17.2 Å². The molecule has 2 aromatic carbocycles. The summed E-state index contributed by atoms with van der Waals surface area (Å²) in [7, 11) is -4.37. The zero-order valence-corrected chi connectivity index (χ0v) is 19.0. The van der Waals surface area contributed by atoms with Crippen molar-refractivity contribution < 1.29 is 21.9 Å². The number of nitrogens with zero attached hydrogens (tertiary/aromatic N) is 2. The van der Waals surface area contributed by atoms with Gasteiger partial charge in [0.15, 0.2) is 11.6 Å². The fourth-order valence-corrected chi connectivity index (χ4v) is 5.55. The Morgan fingerprint density at radius 1 is 1.22 bits per heavy atom. The smallest absolute Gasteiger partial charge is 0.266 e. The van der Waals surface area contributed by atoms with Crippen LogP contribution in [0.4, 0.5) is 13.9 Å². The van der Waals surface area contributed by atoms with Crippen LogP contribution in [-0.2, 0) is 10.0 Å². The van der Waals surface area contributed by atoms with Crippen LogP contribution in [0.25, 0.3) is 0 Å². The fourth-order valence-electron chi connectivity index (χ4n) is 3.66. The molecule has 32 heavy (non-hydrogen) atoms. The third-order valence-electron chi connectivity index (χ3n) is 5.22. The monoisotopic (exact) mass is 500 g/mol. The van der Waals surface area contributed by atoms with Gasteiger partial charge >= 0.3 is 0 Å². The lowest BCUT2D eigenvalue weighted by Crippen LogP contribution is -2.38. The molecule has 3 aromatic rings. The van der Waals surface area contributed by atoms with Crippen molar-refractivity contribution in [2.75, 3.05) is 24.4 Å². The number of rotatable bonds is 7. The molecule has 12 heteroatoms. The number of aromatic nitrogens is 2. The molecule has 0 radical (unpaired) electrons. The van der Waals surface area contributed by atoms with Gasteiger partial charge in [-0.25, -0.2) is 17.2 Å². The first-order valence-electron chi connectivity index (χ1n) is 9.70. The molecule has 2 N–H and O–H groups in total. The Morgan fingerprint density at radius 3 is 2.72 bits per heavy atom. The maximum absolute atomic E-state index is 14.6. The average molecular weight is 501 g/mol. The predicted octanol–water partition coefficient (Wildman–Crippen LogP) is 4.04. The third-order valence-corrected chi connectivity index (χ3v) is 7.56. The quantitative estimate of drug-likeness (QED) is 0.508. The van der Waals surface area contributed by atoms with Crippen molar-refractivity contribution in [2.24, 2.45) is 5.92 Å². The summed E-state index contributed by atoms with van der Waals surface area (Å²) in [5, 5.41) is 10.9. The third kappa shape index (κ3) is 5.17. The van der Waals surface area contributed by atoms with Gasteiger partial charge in [0.1, 0.15) is 16.2 Å². The maximum Gasteiger partial charge on any atom is 0.266 e. The summed E-state index contributed by atoms with van der Waals surface area (Å²) in [6, 6.07) is 8.90. The summed E-state index contributed by atoms with van der Waals surface area (Å²) < 4.78 is 61.6. The number of hydrogen-bond donors (Lipinski definition) is 2. The van der Waals surface area contributed by atoms with E-state index in [-0.39, 0.29) is 29.3 Å². The molecule has 1 saturated heterocycles. The number of ether oxygens (including phenoxy) is 1. The highest BCUT2D eigenvalue weighted by molar-refractivity contribution is 7.93. The summed E-state index contributed by atoms with van der Waals surface area (Å²) in [6.45, 7) is 1.61. The van der Waals surface area contributed by atoms with Crippen LogP contribution in [0, 0.1) is 17.6 Å². The van der Waals surface area contributed by atoms with Gasteiger partial charge in [-0.2, -0.15) is 0 Å². The molecular weight excluding hydrogens is 482 g/mol. The van der Waals surface area contributed by atoms with Gasteiger partial charge in [-0.15, -0.1) is 10.2 Å². The minimum absolute atomic E-state index is 0.00913. The highest BCUT2D eigenvalue weighted by Gasteiger charge is 2.28. The molecule has 0 bridgehead atoms. The molecule has 1 aromatic heterocycles. The van der Waals surface area contributed by atoms with Crippen molar-refractivity contribution >= 4 is 38.1 Å². The maximum atomic E-state index is 14.6. The Kier molecular flexibility index (Phi) is 6.89. The Balaban J connectivity index is 1.49. The van der Waals surface area contributed by atoms with E-state index in [1.54, 1.807) is 0 Å². The van der Waals surface area contributed by atoms with E-state index in [1.165, 1.54) is 5.51 Å². The molecule has 2 heterocycles. The van der Waals surface area contributed by atoms with Crippen LogP contribution in [0.15, 0.2) is 46.8 Å². The van der Waals surface area contributed by atoms with E-state index in [4.69, 9.17) is 16.3 Å². The van der Waals surface area contributed by atoms with Crippen molar-refractivity contribution in [3.8, 4) is 5.75 Å². The van der Waals surface area contributed by atoms with Crippen molar-refractivity contribution in [3.05, 3.63) is 64.1 Å². The molecule has 1 unspecified atom stereocenters. The molecule has 2 atom stereocenters. The number of anilines is 1. The van der Waals surface area contributed by atoms with Gasteiger partial charge in [0.2, 0.25) is 5.13 Å². The normalized spacial score (nSPS) is 19.0. The molecule has 7 nitrogen and oxygen atoms in total. The van der Waals surface area contributed by atoms with Crippen LogP contribution >= 0.6 is 22.9 Å².